The van der Waals surface area contributed by atoms with Crippen LogP contribution >= 0.6 is 0 Å². The average Bonchev–Trinajstić information content (AvgIpc) is 3.29. The molecular formula is C18H15N7O3. The number of carbonyl (C=O) groups excluding carboxylic acids is 1. The van der Waals surface area contributed by atoms with E-state index in [1.54, 1.807) is 41.2 Å². The van der Waals surface area contributed by atoms with Crippen molar-refractivity contribution in [3.05, 3.63) is 58.6 Å². The molecule has 0 saturated carbocycles. The number of carbonyl (C=O) groups is 1. The van der Waals surface area contributed by atoms with E-state index in [9.17, 15) is 9.59 Å². The summed E-state index contributed by atoms with van der Waals surface area (Å²) in [6.45, 7) is 3.28. The van der Waals surface area contributed by atoms with Crippen LogP contribution in [0.25, 0.3) is 28.7 Å². The Morgan fingerprint density at radius 1 is 1.18 bits per heavy atom. The summed E-state index contributed by atoms with van der Waals surface area (Å²) >= 11 is 0. The van der Waals surface area contributed by atoms with Crippen molar-refractivity contribution >= 4 is 11.6 Å². The van der Waals surface area contributed by atoms with Crippen LogP contribution in [-0.4, -0.2) is 36.0 Å². The normalized spacial score (nSPS) is 10.8. The first kappa shape index (κ1) is 17.3. The molecule has 0 bridgehead atoms. The standard InChI is InChI=1S/C18H15N7O3/c1-10-14(9-19-25(10)15-7-8-16(27)23-22-15)18-21-17(24-28-18)12-3-5-13(6-4-12)20-11(2)26/h3-9H,1-2H3,(H,20,26)(H,23,27). The monoisotopic (exact) mass is 377 g/mol. The molecule has 4 aromatic rings. The van der Waals surface area contributed by atoms with Gasteiger partial charge in [0.1, 0.15) is 0 Å². The molecule has 0 aliphatic rings. The molecule has 1 amide bonds. The second kappa shape index (κ2) is 6.91. The van der Waals surface area contributed by atoms with E-state index >= 15 is 0 Å². The maximum Gasteiger partial charge on any atom is 0.264 e. The van der Waals surface area contributed by atoms with E-state index in [-0.39, 0.29) is 11.5 Å². The van der Waals surface area contributed by atoms with Gasteiger partial charge in [-0.2, -0.15) is 15.2 Å². The summed E-state index contributed by atoms with van der Waals surface area (Å²) in [7, 11) is 0. The van der Waals surface area contributed by atoms with Gasteiger partial charge in [-0.25, -0.2) is 9.78 Å². The lowest BCUT2D eigenvalue weighted by Gasteiger charge is -2.02. The topological polar surface area (TPSA) is 132 Å². The highest BCUT2D eigenvalue weighted by atomic mass is 16.5. The Balaban J connectivity index is 1.62. The van der Waals surface area contributed by atoms with E-state index in [0.29, 0.717) is 28.8 Å². The Bertz CT molecular complexity index is 1180. The van der Waals surface area contributed by atoms with Gasteiger partial charge in [0.25, 0.3) is 11.4 Å². The summed E-state index contributed by atoms with van der Waals surface area (Å²) < 4.78 is 6.95. The summed E-state index contributed by atoms with van der Waals surface area (Å²) in [5, 5.41) is 17.3. The third-order valence-electron chi connectivity index (χ3n) is 4.01. The zero-order valence-corrected chi connectivity index (χ0v) is 15.0. The second-order valence-electron chi connectivity index (χ2n) is 6.02. The minimum absolute atomic E-state index is 0.140. The lowest BCUT2D eigenvalue weighted by atomic mass is 10.2. The molecule has 0 saturated heterocycles. The largest absolute Gasteiger partial charge is 0.333 e. The predicted molar refractivity (Wildman–Crippen MR) is 99.7 cm³/mol. The van der Waals surface area contributed by atoms with Gasteiger partial charge < -0.3 is 9.84 Å². The molecule has 140 valence electrons. The van der Waals surface area contributed by atoms with Crippen molar-refractivity contribution in [2.75, 3.05) is 5.32 Å². The number of anilines is 1. The Kier molecular flexibility index (Phi) is 4.28. The van der Waals surface area contributed by atoms with E-state index in [4.69, 9.17) is 4.52 Å². The Morgan fingerprint density at radius 2 is 1.96 bits per heavy atom. The number of benzene rings is 1. The first-order valence-electron chi connectivity index (χ1n) is 8.34. The summed E-state index contributed by atoms with van der Waals surface area (Å²) in [6, 6.07) is 10.0. The van der Waals surface area contributed by atoms with Gasteiger partial charge in [-0.05, 0) is 37.3 Å². The number of aromatic amines is 1. The number of rotatable bonds is 4. The highest BCUT2D eigenvalue weighted by Gasteiger charge is 2.17. The molecule has 1 aromatic carbocycles. The van der Waals surface area contributed by atoms with Gasteiger partial charge in [-0.1, -0.05) is 5.16 Å². The number of nitrogens with one attached hydrogen (secondary N) is 2. The lowest BCUT2D eigenvalue weighted by molar-refractivity contribution is -0.114. The third-order valence-corrected chi connectivity index (χ3v) is 4.01. The molecule has 0 unspecified atom stereocenters. The number of amides is 1. The molecule has 10 heteroatoms. The van der Waals surface area contributed by atoms with Crippen molar-refractivity contribution in [3.63, 3.8) is 0 Å². The van der Waals surface area contributed by atoms with Gasteiger partial charge in [0, 0.05) is 24.2 Å². The second-order valence-corrected chi connectivity index (χ2v) is 6.02. The number of aromatic nitrogens is 6. The van der Waals surface area contributed by atoms with Crippen molar-refractivity contribution in [3.8, 4) is 28.7 Å². The zero-order valence-electron chi connectivity index (χ0n) is 15.0. The van der Waals surface area contributed by atoms with E-state index in [1.165, 1.54) is 13.0 Å². The van der Waals surface area contributed by atoms with Crippen LogP contribution in [0.5, 0.6) is 0 Å². The highest BCUT2D eigenvalue weighted by molar-refractivity contribution is 5.88. The molecule has 3 aromatic heterocycles. The molecule has 0 spiro atoms. The van der Waals surface area contributed by atoms with E-state index in [2.05, 4.69) is 30.8 Å². The van der Waals surface area contributed by atoms with Crippen LogP contribution in [0.4, 0.5) is 5.69 Å². The molecule has 3 heterocycles. The minimum Gasteiger partial charge on any atom is -0.333 e. The van der Waals surface area contributed by atoms with Gasteiger partial charge in [-0.15, -0.1) is 0 Å². The molecular weight excluding hydrogens is 362 g/mol. The molecule has 0 radical (unpaired) electrons. The van der Waals surface area contributed by atoms with Gasteiger partial charge >= 0.3 is 0 Å². The molecule has 0 aliphatic heterocycles. The maximum atomic E-state index is 11.2. The smallest absolute Gasteiger partial charge is 0.264 e. The van der Waals surface area contributed by atoms with Crippen molar-refractivity contribution < 1.29 is 9.32 Å². The fourth-order valence-electron chi connectivity index (χ4n) is 2.66. The minimum atomic E-state index is -0.292. The maximum absolute atomic E-state index is 11.2. The van der Waals surface area contributed by atoms with Crippen molar-refractivity contribution in [2.45, 2.75) is 13.8 Å². The molecule has 10 nitrogen and oxygen atoms in total. The Labute approximate surface area is 158 Å². The first-order chi connectivity index (χ1) is 13.5. The van der Waals surface area contributed by atoms with E-state index in [1.807, 2.05) is 6.92 Å². The molecule has 2 N–H and O–H groups in total. The quantitative estimate of drug-likeness (QED) is 0.555. The average molecular weight is 377 g/mol. The van der Waals surface area contributed by atoms with Crippen LogP contribution in [0.2, 0.25) is 0 Å². The SMILES string of the molecule is CC(=O)Nc1ccc(-c2noc(-c3cnn(-c4ccc(=O)[nH]n4)c3C)n2)cc1. The first-order valence-corrected chi connectivity index (χ1v) is 8.34. The van der Waals surface area contributed by atoms with Gasteiger partial charge in [0.15, 0.2) is 5.82 Å². The summed E-state index contributed by atoms with van der Waals surface area (Å²) in [5.41, 5.74) is 2.53. The molecule has 0 aliphatic carbocycles. The van der Waals surface area contributed by atoms with Gasteiger partial charge in [-0.3, -0.25) is 9.59 Å². The van der Waals surface area contributed by atoms with E-state index in [0.717, 1.165) is 11.3 Å². The van der Waals surface area contributed by atoms with Crippen LogP contribution in [0, 0.1) is 6.92 Å². The summed E-state index contributed by atoms with van der Waals surface area (Å²) in [4.78, 5) is 26.7. The molecule has 0 atom stereocenters. The Hall–Kier alpha value is -4.08. The number of H-pyrrole nitrogens is 1. The van der Waals surface area contributed by atoms with Crippen LogP contribution in [0.1, 0.15) is 12.6 Å². The summed E-state index contributed by atoms with van der Waals surface area (Å²) in [5.74, 6) is 1.06. The molecule has 4 rings (SSSR count). The highest BCUT2D eigenvalue weighted by Crippen LogP contribution is 2.26. The van der Waals surface area contributed by atoms with Crippen molar-refractivity contribution in [1.82, 2.24) is 30.1 Å². The van der Waals surface area contributed by atoms with E-state index < -0.39 is 0 Å². The van der Waals surface area contributed by atoms with Crippen LogP contribution in [0.3, 0.4) is 0 Å². The van der Waals surface area contributed by atoms with Crippen LogP contribution in [0.15, 0.2) is 51.9 Å². The third kappa shape index (κ3) is 3.30. The number of hydrogen-bond donors (Lipinski definition) is 2. The number of nitrogens with zero attached hydrogens (tertiary/aromatic N) is 5. The zero-order chi connectivity index (χ0) is 19.7. The van der Waals surface area contributed by atoms with Crippen LogP contribution < -0.4 is 10.9 Å². The van der Waals surface area contributed by atoms with Gasteiger partial charge in [0.2, 0.25) is 11.7 Å². The van der Waals surface area contributed by atoms with Crippen LogP contribution in [-0.2, 0) is 4.79 Å². The van der Waals surface area contributed by atoms with Crippen molar-refractivity contribution in [1.29, 1.82) is 0 Å². The summed E-state index contributed by atoms with van der Waals surface area (Å²) in [6.07, 6.45) is 1.60. The predicted octanol–water partition coefficient (Wildman–Crippen LogP) is 1.94. The lowest BCUT2D eigenvalue weighted by Crippen LogP contribution is -2.10. The Morgan fingerprint density at radius 3 is 2.64 bits per heavy atom. The fourth-order valence-corrected chi connectivity index (χ4v) is 2.66. The van der Waals surface area contributed by atoms with Gasteiger partial charge in [0.05, 0.1) is 17.5 Å². The molecule has 28 heavy (non-hydrogen) atoms. The fraction of sp³-hybridized carbons (Fsp3) is 0.111. The van der Waals surface area contributed by atoms with Crippen molar-refractivity contribution in [2.24, 2.45) is 0 Å². The molecule has 0 fully saturated rings. The number of hydrogen-bond acceptors (Lipinski definition) is 7.